The number of carbonyl (C=O) groups is 2. The first-order valence-electron chi connectivity index (χ1n) is 4.65. The second-order valence-corrected chi connectivity index (χ2v) is 3.35. The van der Waals surface area contributed by atoms with Crippen molar-refractivity contribution in [1.29, 1.82) is 0 Å². The average molecular weight is 223 g/mol. The van der Waals surface area contributed by atoms with Crippen LogP contribution >= 0.6 is 0 Å². The van der Waals surface area contributed by atoms with E-state index in [9.17, 15) is 9.59 Å². The van der Waals surface area contributed by atoms with Crippen LogP contribution in [0.3, 0.4) is 0 Å². The molecule has 1 rings (SSSR count). The lowest BCUT2D eigenvalue weighted by atomic mass is 10.1. The molecule has 0 aliphatic rings. The van der Waals surface area contributed by atoms with E-state index in [2.05, 4.69) is 5.32 Å². The number of hydrogen-bond donors (Lipinski definition) is 2. The lowest BCUT2D eigenvalue weighted by molar-refractivity contribution is -0.114. The fraction of sp³-hybridized carbons (Fsp3) is 0.273. The minimum absolute atomic E-state index is 0.0117. The number of anilines is 1. The number of ether oxygens (including phenoxy) is 1. The number of amides is 1. The molecule has 0 fully saturated rings. The minimum Gasteiger partial charge on any atom is -0.496 e. The SMILES string of the molecule is COc1cc(C(=O)O)c(NC(C)=O)cc1C. The number of hydrogen-bond acceptors (Lipinski definition) is 3. The highest BCUT2D eigenvalue weighted by atomic mass is 16.5. The summed E-state index contributed by atoms with van der Waals surface area (Å²) in [5.41, 5.74) is 1.05. The molecule has 0 atom stereocenters. The Morgan fingerprint density at radius 3 is 2.44 bits per heavy atom. The summed E-state index contributed by atoms with van der Waals surface area (Å²) >= 11 is 0. The molecule has 0 spiro atoms. The second-order valence-electron chi connectivity index (χ2n) is 3.35. The predicted molar refractivity (Wildman–Crippen MR) is 59.0 cm³/mol. The second kappa shape index (κ2) is 4.65. The molecule has 5 heteroatoms. The Hall–Kier alpha value is -2.04. The molecular weight excluding hydrogens is 210 g/mol. The molecule has 0 radical (unpaired) electrons. The summed E-state index contributed by atoms with van der Waals surface area (Å²) in [5, 5.41) is 11.5. The third-order valence-electron chi connectivity index (χ3n) is 2.08. The molecular formula is C11H13NO4. The zero-order valence-corrected chi connectivity index (χ0v) is 9.33. The van der Waals surface area contributed by atoms with Crippen LogP contribution in [0.4, 0.5) is 5.69 Å². The first kappa shape index (κ1) is 12.0. The highest BCUT2D eigenvalue weighted by Crippen LogP contribution is 2.26. The van der Waals surface area contributed by atoms with Crippen molar-refractivity contribution in [2.75, 3.05) is 12.4 Å². The van der Waals surface area contributed by atoms with Crippen LogP contribution in [0, 0.1) is 6.92 Å². The van der Waals surface area contributed by atoms with Crippen molar-refractivity contribution in [1.82, 2.24) is 0 Å². The summed E-state index contributed by atoms with van der Waals surface area (Å²) in [7, 11) is 1.46. The predicted octanol–water partition coefficient (Wildman–Crippen LogP) is 1.66. The Kier molecular flexibility index (Phi) is 3.50. The summed E-state index contributed by atoms with van der Waals surface area (Å²) in [5.74, 6) is -0.944. The summed E-state index contributed by atoms with van der Waals surface area (Å²) in [4.78, 5) is 21.9. The van der Waals surface area contributed by atoms with Crippen molar-refractivity contribution in [3.63, 3.8) is 0 Å². The van der Waals surface area contributed by atoms with Gasteiger partial charge in [0.15, 0.2) is 0 Å². The monoisotopic (exact) mass is 223 g/mol. The Balaban J connectivity index is 3.30. The number of nitrogens with one attached hydrogen (secondary N) is 1. The Labute approximate surface area is 93.0 Å². The van der Waals surface area contributed by atoms with Gasteiger partial charge in [0.1, 0.15) is 5.75 Å². The fourth-order valence-corrected chi connectivity index (χ4v) is 1.38. The van der Waals surface area contributed by atoms with Crippen LogP contribution < -0.4 is 10.1 Å². The van der Waals surface area contributed by atoms with Gasteiger partial charge in [-0.3, -0.25) is 4.79 Å². The smallest absolute Gasteiger partial charge is 0.337 e. The van der Waals surface area contributed by atoms with Crippen LogP contribution in [-0.2, 0) is 4.79 Å². The van der Waals surface area contributed by atoms with Gasteiger partial charge >= 0.3 is 5.97 Å². The molecule has 0 bridgehead atoms. The zero-order valence-electron chi connectivity index (χ0n) is 9.33. The maximum Gasteiger partial charge on any atom is 0.337 e. The Morgan fingerprint density at radius 2 is 2.00 bits per heavy atom. The van der Waals surface area contributed by atoms with Gasteiger partial charge in [-0.25, -0.2) is 4.79 Å². The van der Waals surface area contributed by atoms with Gasteiger partial charge in [-0.15, -0.1) is 0 Å². The van der Waals surface area contributed by atoms with Crippen molar-refractivity contribution >= 4 is 17.6 Å². The van der Waals surface area contributed by atoms with Gasteiger partial charge in [0.25, 0.3) is 0 Å². The molecule has 0 aromatic heterocycles. The average Bonchev–Trinajstić information content (AvgIpc) is 2.16. The normalized spacial score (nSPS) is 9.69. The number of rotatable bonds is 3. The first-order chi connectivity index (χ1) is 7.45. The molecule has 86 valence electrons. The van der Waals surface area contributed by atoms with E-state index >= 15 is 0 Å². The number of aryl methyl sites for hydroxylation is 1. The maximum absolute atomic E-state index is 11.0. The Morgan fingerprint density at radius 1 is 1.38 bits per heavy atom. The number of carbonyl (C=O) groups excluding carboxylic acids is 1. The third kappa shape index (κ3) is 2.50. The van der Waals surface area contributed by atoms with E-state index in [-0.39, 0.29) is 17.2 Å². The molecule has 1 amide bonds. The molecule has 1 aromatic carbocycles. The highest BCUT2D eigenvalue weighted by molar-refractivity contribution is 6.00. The third-order valence-corrected chi connectivity index (χ3v) is 2.08. The molecule has 0 aliphatic carbocycles. The fourth-order valence-electron chi connectivity index (χ4n) is 1.38. The van der Waals surface area contributed by atoms with E-state index in [1.54, 1.807) is 13.0 Å². The van der Waals surface area contributed by atoms with E-state index in [0.717, 1.165) is 5.56 Å². The molecule has 2 N–H and O–H groups in total. The molecule has 0 unspecified atom stereocenters. The van der Waals surface area contributed by atoms with Crippen LogP contribution in [0.1, 0.15) is 22.8 Å². The van der Waals surface area contributed by atoms with E-state index < -0.39 is 5.97 Å². The van der Waals surface area contributed by atoms with Crippen molar-refractivity contribution in [2.45, 2.75) is 13.8 Å². The number of benzene rings is 1. The first-order valence-corrected chi connectivity index (χ1v) is 4.65. The lowest BCUT2D eigenvalue weighted by Gasteiger charge is -2.11. The molecule has 16 heavy (non-hydrogen) atoms. The molecule has 0 heterocycles. The van der Waals surface area contributed by atoms with Crippen LogP contribution in [0.15, 0.2) is 12.1 Å². The number of methoxy groups -OCH3 is 1. The molecule has 0 aliphatic heterocycles. The van der Waals surface area contributed by atoms with E-state index in [4.69, 9.17) is 9.84 Å². The van der Waals surface area contributed by atoms with Crippen molar-refractivity contribution in [2.24, 2.45) is 0 Å². The molecule has 5 nitrogen and oxygen atoms in total. The molecule has 1 aromatic rings. The number of carboxylic acids is 1. The highest BCUT2D eigenvalue weighted by Gasteiger charge is 2.14. The van der Waals surface area contributed by atoms with Crippen LogP contribution in [0.25, 0.3) is 0 Å². The largest absolute Gasteiger partial charge is 0.496 e. The van der Waals surface area contributed by atoms with Crippen molar-refractivity contribution in [3.05, 3.63) is 23.3 Å². The van der Waals surface area contributed by atoms with Crippen LogP contribution in [0.2, 0.25) is 0 Å². The van der Waals surface area contributed by atoms with Crippen LogP contribution in [0.5, 0.6) is 5.75 Å². The summed E-state index contributed by atoms with van der Waals surface area (Å²) in [6.07, 6.45) is 0. The van der Waals surface area contributed by atoms with Gasteiger partial charge in [0.2, 0.25) is 5.91 Å². The molecule has 0 saturated heterocycles. The summed E-state index contributed by atoms with van der Waals surface area (Å²) in [6.45, 7) is 3.10. The van der Waals surface area contributed by atoms with Crippen molar-refractivity contribution < 1.29 is 19.4 Å². The quantitative estimate of drug-likeness (QED) is 0.817. The maximum atomic E-state index is 11.0. The minimum atomic E-state index is -1.11. The van der Waals surface area contributed by atoms with E-state index in [0.29, 0.717) is 5.75 Å². The van der Waals surface area contributed by atoms with Gasteiger partial charge in [-0.2, -0.15) is 0 Å². The Bertz CT molecular complexity index is 440. The van der Waals surface area contributed by atoms with Gasteiger partial charge in [-0.05, 0) is 24.6 Å². The van der Waals surface area contributed by atoms with Gasteiger partial charge in [-0.1, -0.05) is 0 Å². The van der Waals surface area contributed by atoms with Crippen LogP contribution in [-0.4, -0.2) is 24.1 Å². The summed E-state index contributed by atoms with van der Waals surface area (Å²) in [6, 6.07) is 2.96. The van der Waals surface area contributed by atoms with Gasteiger partial charge in [0, 0.05) is 6.92 Å². The zero-order chi connectivity index (χ0) is 12.3. The number of carboxylic acid groups (broad SMARTS) is 1. The standard InChI is InChI=1S/C11H13NO4/c1-6-4-9(12-7(2)13)8(11(14)15)5-10(6)16-3/h4-5H,1-3H3,(H,12,13)(H,14,15). The molecule has 0 saturated carbocycles. The van der Waals surface area contributed by atoms with E-state index in [1.165, 1.54) is 20.1 Å². The van der Waals surface area contributed by atoms with Gasteiger partial charge < -0.3 is 15.2 Å². The lowest BCUT2D eigenvalue weighted by Crippen LogP contribution is -2.11. The number of aromatic carboxylic acids is 1. The van der Waals surface area contributed by atoms with Crippen molar-refractivity contribution in [3.8, 4) is 5.75 Å². The van der Waals surface area contributed by atoms with Gasteiger partial charge in [0.05, 0.1) is 18.4 Å². The van der Waals surface area contributed by atoms with E-state index in [1.807, 2.05) is 0 Å². The summed E-state index contributed by atoms with van der Waals surface area (Å²) < 4.78 is 5.02. The topological polar surface area (TPSA) is 75.6 Å².